The fourth-order valence-electron chi connectivity index (χ4n) is 2.88. The van der Waals surface area contributed by atoms with Crippen LogP contribution < -0.4 is 10.9 Å². The third-order valence-corrected chi connectivity index (χ3v) is 5.64. The first-order valence-electron chi connectivity index (χ1n) is 8.41. The molecule has 3 aromatic carbocycles. The molecule has 6 heteroatoms. The maximum Gasteiger partial charge on any atom is 0.344 e. The Morgan fingerprint density at radius 2 is 1.79 bits per heavy atom. The number of amides is 1. The minimum Gasteiger partial charge on any atom is -0.422 e. The number of hydrogen-bond donors (Lipinski definition) is 1. The summed E-state index contributed by atoms with van der Waals surface area (Å²) in [6, 6.07) is 21.7. The van der Waals surface area contributed by atoms with Gasteiger partial charge in [0.15, 0.2) is 0 Å². The van der Waals surface area contributed by atoms with Crippen molar-refractivity contribution in [1.29, 1.82) is 0 Å². The summed E-state index contributed by atoms with van der Waals surface area (Å²) >= 11 is 5.58. The molecule has 0 bridgehead atoms. The zero-order chi connectivity index (χ0) is 19.7. The normalized spacial score (nSPS) is 10.8. The summed E-state index contributed by atoms with van der Waals surface area (Å²) in [6.07, 6.45) is 0. The molecule has 4 rings (SSSR count). The number of hydrogen-bond acceptors (Lipinski definition) is 3. The van der Waals surface area contributed by atoms with E-state index in [-0.39, 0.29) is 5.91 Å². The van der Waals surface area contributed by atoms with E-state index in [0.29, 0.717) is 22.3 Å². The van der Waals surface area contributed by atoms with Crippen molar-refractivity contribution in [2.45, 2.75) is 0 Å². The van der Waals surface area contributed by atoms with Crippen LogP contribution in [0.15, 0.2) is 86.5 Å². The molecule has 0 saturated carbocycles. The Balaban J connectivity index is 1.69. The summed E-state index contributed by atoms with van der Waals surface area (Å²) in [6.45, 7) is 0. The zero-order valence-electron chi connectivity index (χ0n) is 14.4. The van der Waals surface area contributed by atoms with Crippen molar-refractivity contribution >= 4 is 61.1 Å². The number of carbonyl (C=O) groups excluding carboxylic acids is 1. The summed E-state index contributed by atoms with van der Waals surface area (Å²) in [5.41, 5.74) is 2.35. The molecule has 138 valence electrons. The van der Waals surface area contributed by atoms with Gasteiger partial charge in [-0.05, 0) is 70.6 Å². The molecular formula is C22H13BrINO3. The first kappa shape index (κ1) is 18.9. The number of nitrogens with one attached hydrogen (secondary N) is 1. The Hall–Kier alpha value is -2.45. The maximum atomic E-state index is 12.7. The molecule has 1 N–H and O–H groups in total. The van der Waals surface area contributed by atoms with E-state index in [1.807, 2.05) is 36.4 Å². The number of halogens is 2. The maximum absolute atomic E-state index is 12.7. The molecule has 0 fully saturated rings. The summed E-state index contributed by atoms with van der Waals surface area (Å²) < 4.78 is 7.28. The number of benzene rings is 3. The Bertz CT molecular complexity index is 1270. The summed E-state index contributed by atoms with van der Waals surface area (Å²) in [5, 5.41) is 3.74. The van der Waals surface area contributed by atoms with Crippen molar-refractivity contribution < 1.29 is 9.21 Å². The Morgan fingerprint density at radius 1 is 0.964 bits per heavy atom. The van der Waals surface area contributed by atoms with E-state index in [1.165, 1.54) is 0 Å². The molecule has 1 heterocycles. The van der Waals surface area contributed by atoms with Crippen LogP contribution in [0.25, 0.3) is 22.1 Å². The molecule has 0 aliphatic carbocycles. The number of anilines is 1. The van der Waals surface area contributed by atoms with Crippen LogP contribution in [0.4, 0.5) is 5.69 Å². The average molecular weight is 546 g/mol. The molecule has 0 unspecified atom stereocenters. The second-order valence-corrected chi connectivity index (χ2v) is 8.22. The van der Waals surface area contributed by atoms with Crippen LogP contribution >= 0.6 is 38.5 Å². The van der Waals surface area contributed by atoms with Gasteiger partial charge in [0.05, 0.1) is 11.3 Å². The van der Waals surface area contributed by atoms with Gasteiger partial charge in [0.1, 0.15) is 5.58 Å². The van der Waals surface area contributed by atoms with E-state index in [1.54, 1.807) is 36.4 Å². The molecule has 0 radical (unpaired) electrons. The fraction of sp³-hybridized carbons (Fsp3) is 0. The van der Waals surface area contributed by atoms with Crippen molar-refractivity contribution in [2.24, 2.45) is 0 Å². The van der Waals surface area contributed by atoms with Gasteiger partial charge >= 0.3 is 5.63 Å². The Kier molecular flexibility index (Phi) is 5.32. The van der Waals surface area contributed by atoms with Gasteiger partial charge < -0.3 is 9.73 Å². The smallest absolute Gasteiger partial charge is 0.344 e. The van der Waals surface area contributed by atoms with Crippen molar-refractivity contribution in [2.75, 3.05) is 5.32 Å². The Morgan fingerprint density at radius 3 is 2.61 bits per heavy atom. The quantitative estimate of drug-likeness (QED) is 0.251. The van der Waals surface area contributed by atoms with Crippen molar-refractivity contribution in [1.82, 2.24) is 0 Å². The first-order chi connectivity index (χ1) is 13.5. The van der Waals surface area contributed by atoms with E-state index in [2.05, 4.69) is 43.8 Å². The zero-order valence-corrected chi connectivity index (χ0v) is 18.2. The second kappa shape index (κ2) is 7.89. The van der Waals surface area contributed by atoms with Gasteiger partial charge in [-0.25, -0.2) is 4.79 Å². The van der Waals surface area contributed by atoms with Crippen LogP contribution in [-0.4, -0.2) is 5.91 Å². The molecule has 1 aromatic heterocycles. The summed E-state index contributed by atoms with van der Waals surface area (Å²) in [7, 11) is 0. The number of fused-ring (bicyclic) bond motifs is 1. The molecular weight excluding hydrogens is 533 g/mol. The van der Waals surface area contributed by atoms with Crippen LogP contribution in [0, 0.1) is 3.57 Å². The molecule has 28 heavy (non-hydrogen) atoms. The van der Waals surface area contributed by atoms with Crippen LogP contribution in [0.3, 0.4) is 0 Å². The standard InChI is InChI=1S/C22H13BrINO3/c23-16-8-9-19(18(24)12-16)25-21(26)15-6-3-5-13(10-15)17-11-14-4-1-2-7-20(14)28-22(17)27/h1-12H,(H,25,26). The average Bonchev–Trinajstić information content (AvgIpc) is 2.69. The third kappa shape index (κ3) is 3.88. The lowest BCUT2D eigenvalue weighted by Crippen LogP contribution is -2.13. The van der Waals surface area contributed by atoms with Crippen LogP contribution in [-0.2, 0) is 0 Å². The van der Waals surface area contributed by atoms with E-state index < -0.39 is 5.63 Å². The largest absolute Gasteiger partial charge is 0.422 e. The van der Waals surface area contributed by atoms with Gasteiger partial charge in [0, 0.05) is 19.0 Å². The number of para-hydroxylation sites is 1. The summed E-state index contributed by atoms with van der Waals surface area (Å²) in [5.74, 6) is -0.243. The highest BCUT2D eigenvalue weighted by atomic mass is 127. The number of carbonyl (C=O) groups is 1. The van der Waals surface area contributed by atoms with Gasteiger partial charge in [-0.2, -0.15) is 0 Å². The van der Waals surface area contributed by atoms with Gasteiger partial charge in [0.2, 0.25) is 0 Å². The highest BCUT2D eigenvalue weighted by Crippen LogP contribution is 2.25. The molecule has 0 atom stereocenters. The van der Waals surface area contributed by atoms with Crippen LogP contribution in [0.5, 0.6) is 0 Å². The minimum atomic E-state index is -0.432. The van der Waals surface area contributed by atoms with Crippen LogP contribution in [0.2, 0.25) is 0 Å². The lowest BCUT2D eigenvalue weighted by Gasteiger charge is -2.09. The van der Waals surface area contributed by atoms with Crippen molar-refractivity contribution in [3.8, 4) is 11.1 Å². The topological polar surface area (TPSA) is 59.3 Å². The second-order valence-electron chi connectivity index (χ2n) is 6.14. The predicted octanol–water partition coefficient (Wildman–Crippen LogP) is 6.08. The molecule has 0 aliphatic heterocycles. The van der Waals surface area contributed by atoms with E-state index in [4.69, 9.17) is 4.42 Å². The number of rotatable bonds is 3. The van der Waals surface area contributed by atoms with Crippen molar-refractivity contribution in [3.63, 3.8) is 0 Å². The minimum absolute atomic E-state index is 0.243. The van der Waals surface area contributed by atoms with Crippen LogP contribution in [0.1, 0.15) is 10.4 Å². The first-order valence-corrected chi connectivity index (χ1v) is 10.3. The fourth-order valence-corrected chi connectivity index (χ4v) is 4.32. The SMILES string of the molecule is O=C(Nc1ccc(Br)cc1I)c1cccc(-c2cc3ccccc3oc2=O)c1. The van der Waals surface area contributed by atoms with E-state index in [0.717, 1.165) is 19.1 Å². The summed E-state index contributed by atoms with van der Waals surface area (Å²) in [4.78, 5) is 25.1. The molecule has 1 amide bonds. The molecule has 0 saturated heterocycles. The molecule has 4 aromatic rings. The van der Waals surface area contributed by atoms with Gasteiger partial charge in [-0.15, -0.1) is 0 Å². The van der Waals surface area contributed by atoms with E-state index >= 15 is 0 Å². The van der Waals surface area contributed by atoms with Gasteiger partial charge in [0.25, 0.3) is 5.91 Å². The molecule has 0 spiro atoms. The van der Waals surface area contributed by atoms with E-state index in [9.17, 15) is 9.59 Å². The van der Waals surface area contributed by atoms with Crippen molar-refractivity contribution in [3.05, 3.63) is 96.8 Å². The third-order valence-electron chi connectivity index (χ3n) is 4.26. The molecule has 0 aliphatic rings. The lowest BCUT2D eigenvalue weighted by molar-refractivity contribution is 0.102. The Labute approximate surface area is 182 Å². The molecule has 4 nitrogen and oxygen atoms in total. The predicted molar refractivity (Wildman–Crippen MR) is 123 cm³/mol. The highest BCUT2D eigenvalue weighted by Gasteiger charge is 2.12. The monoisotopic (exact) mass is 545 g/mol. The lowest BCUT2D eigenvalue weighted by atomic mass is 10.0. The van der Waals surface area contributed by atoms with Gasteiger partial charge in [-0.1, -0.05) is 46.3 Å². The van der Waals surface area contributed by atoms with Gasteiger partial charge in [-0.3, -0.25) is 4.79 Å². The highest BCUT2D eigenvalue weighted by molar-refractivity contribution is 14.1.